The molecule has 3 N–H and O–H groups in total. The number of carboxylic acid groups (broad SMARTS) is 1. The normalized spacial score (nSPS) is 14.2. The number of nitrogens with one attached hydrogen (secondary N) is 2. The van der Waals surface area contributed by atoms with E-state index in [1.807, 2.05) is 24.4 Å². The Balaban J connectivity index is 1.28. The summed E-state index contributed by atoms with van der Waals surface area (Å²) in [5.41, 5.74) is 6.09. The molecule has 0 unspecified atom stereocenters. The number of hydrogen-bond donors (Lipinski definition) is 3. The van der Waals surface area contributed by atoms with Gasteiger partial charge in [0.05, 0.1) is 11.2 Å². The Morgan fingerprint density at radius 2 is 1.72 bits per heavy atom. The molecule has 0 aliphatic heterocycles. The second-order valence-electron chi connectivity index (χ2n) is 12.6. The maximum absolute atomic E-state index is 13.6. The highest BCUT2D eigenvalue weighted by Gasteiger charge is 2.31. The highest BCUT2D eigenvalue weighted by atomic mass is 16.4. The third kappa shape index (κ3) is 6.29. The van der Waals surface area contributed by atoms with Crippen molar-refractivity contribution in [3.63, 3.8) is 0 Å². The summed E-state index contributed by atoms with van der Waals surface area (Å²) in [6.45, 7) is 3.33. The minimum absolute atomic E-state index is 0.338. The molecular formula is C38H38N4O4. The molecule has 3 aromatic carbocycles. The van der Waals surface area contributed by atoms with E-state index < -0.39 is 11.5 Å². The van der Waals surface area contributed by atoms with Gasteiger partial charge in [0.2, 0.25) is 5.91 Å². The van der Waals surface area contributed by atoms with Crippen LogP contribution in [-0.2, 0) is 16.6 Å². The van der Waals surface area contributed by atoms with Gasteiger partial charge in [0.25, 0.3) is 5.91 Å². The van der Waals surface area contributed by atoms with Crippen LogP contribution in [0.25, 0.3) is 39.1 Å². The Kier molecular flexibility index (Phi) is 8.45. The Morgan fingerprint density at radius 3 is 2.46 bits per heavy atom. The molecule has 0 bridgehead atoms. The summed E-state index contributed by atoms with van der Waals surface area (Å²) in [5, 5.41) is 16.8. The van der Waals surface area contributed by atoms with Crippen molar-refractivity contribution in [2.45, 2.75) is 57.4 Å². The SMILES string of the molecule is Cn1c(-c2ccc3ncccc3c2)c(C2CCCCC2)c2ccc(C(=O)NC(C)(C)C(=O)Nc3ccc(/C=C/C(=O)O)cc3)cc21. The smallest absolute Gasteiger partial charge is 0.328 e. The van der Waals surface area contributed by atoms with Crippen LogP contribution in [0.1, 0.15) is 73.4 Å². The number of aromatic nitrogens is 2. The highest BCUT2D eigenvalue weighted by molar-refractivity contribution is 6.05. The fraction of sp³-hybridized carbons (Fsp3) is 0.263. The van der Waals surface area contributed by atoms with E-state index in [-0.39, 0.29) is 11.8 Å². The van der Waals surface area contributed by atoms with Crippen LogP contribution in [0.4, 0.5) is 5.69 Å². The van der Waals surface area contributed by atoms with Crippen LogP contribution in [0.3, 0.4) is 0 Å². The fourth-order valence-corrected chi connectivity index (χ4v) is 6.53. The zero-order valence-electron chi connectivity index (χ0n) is 26.3. The summed E-state index contributed by atoms with van der Waals surface area (Å²) in [6, 6.07) is 23.1. The van der Waals surface area contributed by atoms with Crippen molar-refractivity contribution < 1.29 is 19.5 Å². The first-order chi connectivity index (χ1) is 22.1. The molecule has 1 saturated carbocycles. The first kappa shape index (κ1) is 30.8. The molecular weight excluding hydrogens is 576 g/mol. The molecule has 0 atom stereocenters. The van der Waals surface area contributed by atoms with E-state index >= 15 is 0 Å². The van der Waals surface area contributed by atoms with E-state index in [2.05, 4.69) is 57.6 Å². The number of carbonyl (C=O) groups excluding carboxylic acids is 2. The lowest BCUT2D eigenvalue weighted by atomic mass is 9.81. The van der Waals surface area contributed by atoms with Gasteiger partial charge < -0.3 is 20.3 Å². The van der Waals surface area contributed by atoms with Gasteiger partial charge in [0.15, 0.2) is 0 Å². The van der Waals surface area contributed by atoms with E-state index in [9.17, 15) is 14.4 Å². The number of anilines is 1. The van der Waals surface area contributed by atoms with Crippen LogP contribution in [0, 0.1) is 0 Å². The zero-order valence-corrected chi connectivity index (χ0v) is 26.3. The Bertz CT molecular complexity index is 1980. The van der Waals surface area contributed by atoms with E-state index in [4.69, 9.17) is 5.11 Å². The summed E-state index contributed by atoms with van der Waals surface area (Å²) < 4.78 is 2.21. The number of nitrogens with zero attached hydrogens (tertiary/aromatic N) is 2. The molecule has 0 radical (unpaired) electrons. The second kappa shape index (κ2) is 12.6. The summed E-state index contributed by atoms with van der Waals surface area (Å²) in [5.74, 6) is -1.30. The molecule has 1 fully saturated rings. The molecule has 2 heterocycles. The molecule has 1 aliphatic rings. The highest BCUT2D eigenvalue weighted by Crippen LogP contribution is 2.44. The van der Waals surface area contributed by atoms with Gasteiger partial charge in [-0.1, -0.05) is 49.6 Å². The van der Waals surface area contributed by atoms with Crippen LogP contribution < -0.4 is 10.6 Å². The maximum atomic E-state index is 13.6. The Hall–Kier alpha value is -5.24. The summed E-state index contributed by atoms with van der Waals surface area (Å²) in [6.07, 6.45) is 10.3. The van der Waals surface area contributed by atoms with Crippen molar-refractivity contribution in [2.75, 3.05) is 5.32 Å². The standard InChI is InChI=1S/C38H38N4O4/c1-38(2,37(46)40-29-16-11-24(12-17-29)13-20-33(43)44)41-36(45)28-14-18-30-32(23-28)42(3)35(34(30)25-8-5-4-6-9-25)27-15-19-31-26(22-27)10-7-21-39-31/h7,10-23,25H,4-6,8-9H2,1-3H3,(H,40,46)(H,41,45)(H,43,44)/b20-13+. The number of carboxylic acids is 1. The molecule has 0 spiro atoms. The average molecular weight is 615 g/mol. The quantitative estimate of drug-likeness (QED) is 0.155. The Labute approximate surface area is 268 Å². The van der Waals surface area contributed by atoms with Crippen LogP contribution in [-0.4, -0.2) is 38.0 Å². The largest absolute Gasteiger partial charge is 0.478 e. The number of pyridine rings is 1. The van der Waals surface area contributed by atoms with Gasteiger partial charge >= 0.3 is 5.97 Å². The maximum Gasteiger partial charge on any atom is 0.328 e. The molecule has 6 rings (SSSR count). The third-order valence-corrected chi connectivity index (χ3v) is 8.97. The lowest BCUT2D eigenvalue weighted by molar-refractivity contribution is -0.131. The van der Waals surface area contributed by atoms with Gasteiger partial charge in [-0.2, -0.15) is 0 Å². The number of aliphatic carboxylic acids is 1. The first-order valence-corrected chi connectivity index (χ1v) is 15.7. The summed E-state index contributed by atoms with van der Waals surface area (Å²) in [7, 11) is 2.07. The first-order valence-electron chi connectivity index (χ1n) is 15.7. The van der Waals surface area contributed by atoms with Gasteiger partial charge in [-0.15, -0.1) is 0 Å². The van der Waals surface area contributed by atoms with Gasteiger partial charge in [-0.25, -0.2) is 4.79 Å². The molecule has 234 valence electrons. The molecule has 2 amide bonds. The molecule has 46 heavy (non-hydrogen) atoms. The van der Waals surface area contributed by atoms with Crippen LogP contribution in [0.2, 0.25) is 0 Å². The van der Waals surface area contributed by atoms with Gasteiger partial charge in [-0.05, 0) is 97.8 Å². The number of amides is 2. The topological polar surface area (TPSA) is 113 Å². The second-order valence-corrected chi connectivity index (χ2v) is 12.6. The third-order valence-electron chi connectivity index (χ3n) is 8.97. The fourth-order valence-electron chi connectivity index (χ4n) is 6.53. The van der Waals surface area contributed by atoms with Crippen LogP contribution in [0.15, 0.2) is 85.1 Å². The van der Waals surface area contributed by atoms with Crippen molar-refractivity contribution in [3.05, 3.63) is 102 Å². The van der Waals surface area contributed by atoms with Crippen LogP contribution >= 0.6 is 0 Å². The summed E-state index contributed by atoms with van der Waals surface area (Å²) >= 11 is 0. The predicted molar refractivity (Wildman–Crippen MR) is 183 cm³/mol. The van der Waals surface area contributed by atoms with E-state index in [0.29, 0.717) is 22.7 Å². The lowest BCUT2D eigenvalue weighted by Crippen LogP contribution is -2.52. The molecule has 8 nitrogen and oxygen atoms in total. The zero-order chi connectivity index (χ0) is 32.4. The van der Waals surface area contributed by atoms with Crippen molar-refractivity contribution >= 4 is 51.4 Å². The molecule has 1 aliphatic carbocycles. The molecule has 0 saturated heterocycles. The number of hydrogen-bond acceptors (Lipinski definition) is 4. The van der Waals surface area contributed by atoms with Crippen LogP contribution in [0.5, 0.6) is 0 Å². The van der Waals surface area contributed by atoms with Crippen molar-refractivity contribution in [1.29, 1.82) is 0 Å². The average Bonchev–Trinajstić information content (AvgIpc) is 3.35. The van der Waals surface area contributed by atoms with Crippen molar-refractivity contribution in [1.82, 2.24) is 14.9 Å². The minimum Gasteiger partial charge on any atom is -0.478 e. The molecule has 8 heteroatoms. The minimum atomic E-state index is -1.21. The van der Waals surface area contributed by atoms with Crippen molar-refractivity contribution in [3.8, 4) is 11.3 Å². The van der Waals surface area contributed by atoms with Gasteiger partial charge in [0.1, 0.15) is 5.54 Å². The van der Waals surface area contributed by atoms with Crippen molar-refractivity contribution in [2.24, 2.45) is 7.05 Å². The molecule has 5 aromatic rings. The van der Waals surface area contributed by atoms with E-state index in [1.165, 1.54) is 36.6 Å². The monoisotopic (exact) mass is 614 g/mol. The Morgan fingerprint density at radius 1 is 0.957 bits per heavy atom. The number of benzene rings is 3. The summed E-state index contributed by atoms with van der Waals surface area (Å²) in [4.78, 5) is 42.1. The van der Waals surface area contributed by atoms with E-state index in [0.717, 1.165) is 46.3 Å². The lowest BCUT2D eigenvalue weighted by Gasteiger charge is -2.25. The predicted octanol–water partition coefficient (Wildman–Crippen LogP) is 7.69. The number of rotatable bonds is 8. The molecule has 2 aromatic heterocycles. The van der Waals surface area contributed by atoms with E-state index in [1.54, 1.807) is 38.1 Å². The number of fused-ring (bicyclic) bond motifs is 2. The van der Waals surface area contributed by atoms with Gasteiger partial charge in [0, 0.05) is 46.9 Å². The number of aryl methyl sites for hydroxylation is 1. The number of carbonyl (C=O) groups is 3. The van der Waals surface area contributed by atoms with Gasteiger partial charge in [-0.3, -0.25) is 14.6 Å².